The summed E-state index contributed by atoms with van der Waals surface area (Å²) in [6.45, 7) is 3.43. The van der Waals surface area contributed by atoms with Crippen LogP contribution in [0.1, 0.15) is 31.0 Å². The molecule has 3 aromatic rings. The van der Waals surface area contributed by atoms with Crippen LogP contribution in [0.15, 0.2) is 77.7 Å². The number of aryl methyl sites for hydroxylation is 1. The molecule has 8 heteroatoms. The monoisotopic (exact) mass is 470 g/mol. The van der Waals surface area contributed by atoms with Crippen molar-refractivity contribution in [1.82, 2.24) is 5.32 Å². The highest BCUT2D eigenvalue weighted by atomic mass is 32.2. The first kappa shape index (κ1) is 24.3. The zero-order chi connectivity index (χ0) is 24.0. The van der Waals surface area contributed by atoms with Crippen molar-refractivity contribution in [2.45, 2.75) is 31.2 Å². The van der Waals surface area contributed by atoms with Crippen molar-refractivity contribution in [1.29, 1.82) is 0 Å². The number of anilines is 1. The number of hydrogen-bond acceptors (Lipinski definition) is 4. The molecule has 0 aromatic heterocycles. The van der Waals surface area contributed by atoms with Crippen LogP contribution >= 0.6 is 0 Å². The van der Waals surface area contributed by atoms with Crippen LogP contribution in [0.4, 0.5) is 10.1 Å². The van der Waals surface area contributed by atoms with Crippen molar-refractivity contribution < 1.29 is 22.3 Å². The Morgan fingerprint density at radius 3 is 2.15 bits per heavy atom. The summed E-state index contributed by atoms with van der Waals surface area (Å²) in [4.78, 5) is 12.9. The van der Waals surface area contributed by atoms with Crippen LogP contribution in [0.2, 0.25) is 0 Å². The van der Waals surface area contributed by atoms with Gasteiger partial charge in [0, 0.05) is 0 Å². The van der Waals surface area contributed by atoms with E-state index in [1.54, 1.807) is 0 Å². The standard InChI is InChI=1S/C25H27FN2O4S/c1-4-19-5-7-20(8-6-19)18(2)27-25(29)17-28(22-11-9-21(26)10-12-22)33(30,31)24-15-13-23(32-3)14-16-24/h5-16,18H,4,17H2,1-3H3,(H,27,29). The Hall–Kier alpha value is -3.39. The minimum atomic E-state index is -4.10. The quantitative estimate of drug-likeness (QED) is 0.501. The van der Waals surface area contributed by atoms with Gasteiger partial charge in [-0.05, 0) is 73.0 Å². The van der Waals surface area contributed by atoms with Crippen molar-refractivity contribution >= 4 is 21.6 Å². The summed E-state index contributed by atoms with van der Waals surface area (Å²) in [6.07, 6.45) is 0.914. The molecule has 0 spiro atoms. The van der Waals surface area contributed by atoms with Gasteiger partial charge in [0.1, 0.15) is 18.1 Å². The molecule has 0 radical (unpaired) electrons. The van der Waals surface area contributed by atoms with E-state index >= 15 is 0 Å². The van der Waals surface area contributed by atoms with Crippen LogP contribution in [0.3, 0.4) is 0 Å². The van der Waals surface area contributed by atoms with Crippen LogP contribution in [0.5, 0.6) is 5.75 Å². The Morgan fingerprint density at radius 1 is 1.00 bits per heavy atom. The molecule has 0 aliphatic carbocycles. The number of carbonyl (C=O) groups excluding carboxylic acids is 1. The second kappa shape index (κ2) is 10.5. The number of nitrogens with one attached hydrogen (secondary N) is 1. The predicted octanol–water partition coefficient (Wildman–Crippen LogP) is 4.47. The molecule has 1 amide bonds. The van der Waals surface area contributed by atoms with Gasteiger partial charge in [0.25, 0.3) is 10.0 Å². The Morgan fingerprint density at radius 2 is 1.61 bits per heavy atom. The molecule has 1 N–H and O–H groups in total. The van der Waals surface area contributed by atoms with Crippen LogP contribution in [-0.2, 0) is 21.2 Å². The highest BCUT2D eigenvalue weighted by Gasteiger charge is 2.28. The van der Waals surface area contributed by atoms with Crippen LogP contribution in [-0.4, -0.2) is 28.0 Å². The van der Waals surface area contributed by atoms with Gasteiger partial charge < -0.3 is 10.1 Å². The largest absolute Gasteiger partial charge is 0.497 e. The molecule has 1 unspecified atom stereocenters. The second-order valence-corrected chi connectivity index (χ2v) is 9.41. The molecular formula is C25H27FN2O4S. The van der Waals surface area contributed by atoms with Gasteiger partial charge in [-0.3, -0.25) is 9.10 Å². The maximum absolute atomic E-state index is 13.5. The van der Waals surface area contributed by atoms with Crippen molar-refractivity contribution in [3.63, 3.8) is 0 Å². The second-order valence-electron chi connectivity index (χ2n) is 7.55. The molecule has 0 bridgehead atoms. The van der Waals surface area contributed by atoms with Crippen molar-refractivity contribution in [2.24, 2.45) is 0 Å². The lowest BCUT2D eigenvalue weighted by molar-refractivity contribution is -0.120. The fourth-order valence-electron chi connectivity index (χ4n) is 3.34. The number of rotatable bonds is 9. The van der Waals surface area contributed by atoms with E-state index in [1.807, 2.05) is 31.2 Å². The van der Waals surface area contributed by atoms with Gasteiger partial charge in [0.05, 0.1) is 23.7 Å². The first-order chi connectivity index (χ1) is 15.7. The van der Waals surface area contributed by atoms with E-state index in [0.717, 1.165) is 28.4 Å². The lowest BCUT2D eigenvalue weighted by Gasteiger charge is -2.25. The Kier molecular flexibility index (Phi) is 7.71. The van der Waals surface area contributed by atoms with E-state index in [-0.39, 0.29) is 16.6 Å². The average molecular weight is 471 g/mol. The average Bonchev–Trinajstić information content (AvgIpc) is 2.83. The maximum Gasteiger partial charge on any atom is 0.264 e. The number of nitrogens with zero attached hydrogens (tertiary/aromatic N) is 1. The molecule has 0 fully saturated rings. The Bertz CT molecular complexity index is 1180. The number of methoxy groups -OCH3 is 1. The summed E-state index contributed by atoms with van der Waals surface area (Å²) in [5.74, 6) is -0.486. The molecule has 0 saturated heterocycles. The van der Waals surface area contributed by atoms with Crippen LogP contribution < -0.4 is 14.4 Å². The SMILES string of the molecule is CCc1ccc(C(C)NC(=O)CN(c2ccc(F)cc2)S(=O)(=O)c2ccc(OC)cc2)cc1. The normalized spacial score (nSPS) is 12.1. The zero-order valence-corrected chi connectivity index (χ0v) is 19.6. The summed E-state index contributed by atoms with van der Waals surface area (Å²) in [6, 6.07) is 18.4. The minimum Gasteiger partial charge on any atom is -0.497 e. The van der Waals surface area contributed by atoms with Gasteiger partial charge in [0.2, 0.25) is 5.91 Å². The molecule has 0 saturated carbocycles. The molecule has 174 valence electrons. The zero-order valence-electron chi connectivity index (χ0n) is 18.8. The van der Waals surface area contributed by atoms with Gasteiger partial charge in [-0.25, -0.2) is 12.8 Å². The number of sulfonamides is 1. The number of amides is 1. The van der Waals surface area contributed by atoms with E-state index in [0.29, 0.717) is 5.75 Å². The van der Waals surface area contributed by atoms with E-state index in [2.05, 4.69) is 12.2 Å². The third-order valence-corrected chi connectivity index (χ3v) is 7.10. The molecule has 0 aliphatic heterocycles. The minimum absolute atomic E-state index is 0.0105. The molecule has 33 heavy (non-hydrogen) atoms. The van der Waals surface area contributed by atoms with Gasteiger partial charge in [-0.15, -0.1) is 0 Å². The van der Waals surface area contributed by atoms with Crippen LogP contribution in [0, 0.1) is 5.82 Å². The summed E-state index contributed by atoms with van der Waals surface area (Å²) >= 11 is 0. The molecule has 1 atom stereocenters. The number of ether oxygens (including phenoxy) is 1. The predicted molar refractivity (Wildman–Crippen MR) is 126 cm³/mol. The summed E-state index contributed by atoms with van der Waals surface area (Å²) in [7, 11) is -2.62. The highest BCUT2D eigenvalue weighted by Crippen LogP contribution is 2.25. The molecule has 3 rings (SSSR count). The smallest absolute Gasteiger partial charge is 0.264 e. The topological polar surface area (TPSA) is 75.7 Å². The number of halogens is 1. The van der Waals surface area contributed by atoms with Gasteiger partial charge in [0.15, 0.2) is 0 Å². The fourth-order valence-corrected chi connectivity index (χ4v) is 4.76. The van der Waals surface area contributed by atoms with Gasteiger partial charge >= 0.3 is 0 Å². The first-order valence-electron chi connectivity index (χ1n) is 10.5. The van der Waals surface area contributed by atoms with Crippen molar-refractivity contribution in [3.8, 4) is 5.75 Å². The number of benzene rings is 3. The summed E-state index contributed by atoms with van der Waals surface area (Å²) in [5, 5.41) is 2.85. The van der Waals surface area contributed by atoms with Crippen molar-refractivity contribution in [2.75, 3.05) is 18.0 Å². The molecule has 0 heterocycles. The first-order valence-corrected chi connectivity index (χ1v) is 12.0. The van der Waals surface area contributed by atoms with Crippen LogP contribution in [0.25, 0.3) is 0 Å². The summed E-state index contributed by atoms with van der Waals surface area (Å²) in [5.41, 5.74) is 2.28. The lowest BCUT2D eigenvalue weighted by atomic mass is 10.1. The molecule has 6 nitrogen and oxygen atoms in total. The Labute approximate surface area is 194 Å². The van der Waals surface area contributed by atoms with Gasteiger partial charge in [-0.1, -0.05) is 31.2 Å². The van der Waals surface area contributed by atoms with Gasteiger partial charge in [-0.2, -0.15) is 0 Å². The van der Waals surface area contributed by atoms with E-state index in [4.69, 9.17) is 4.74 Å². The van der Waals surface area contributed by atoms with Crippen molar-refractivity contribution in [3.05, 3.63) is 89.7 Å². The molecule has 3 aromatic carbocycles. The Balaban J connectivity index is 1.86. The molecule has 0 aliphatic rings. The lowest BCUT2D eigenvalue weighted by Crippen LogP contribution is -2.41. The maximum atomic E-state index is 13.5. The third kappa shape index (κ3) is 5.90. The molecular weight excluding hydrogens is 443 g/mol. The fraction of sp³-hybridized carbons (Fsp3) is 0.240. The van der Waals surface area contributed by atoms with E-state index in [1.165, 1.54) is 49.1 Å². The van der Waals surface area contributed by atoms with E-state index < -0.39 is 28.3 Å². The summed E-state index contributed by atoms with van der Waals surface area (Å²) < 4.78 is 46.3. The number of carbonyl (C=O) groups is 1. The van der Waals surface area contributed by atoms with E-state index in [9.17, 15) is 17.6 Å². The number of hydrogen-bond donors (Lipinski definition) is 1. The third-order valence-electron chi connectivity index (χ3n) is 5.31. The highest BCUT2D eigenvalue weighted by molar-refractivity contribution is 7.92.